The first kappa shape index (κ1) is 16.5. The number of nitrogens with one attached hydrogen (secondary N) is 1. The van der Waals surface area contributed by atoms with Crippen molar-refractivity contribution in [3.63, 3.8) is 0 Å². The fraction of sp³-hybridized carbons (Fsp3) is 0.667. The third kappa shape index (κ3) is 3.31. The summed E-state index contributed by atoms with van der Waals surface area (Å²) >= 11 is 0. The number of ether oxygens (including phenoxy) is 1. The third-order valence-electron chi connectivity index (χ3n) is 5.02. The lowest BCUT2D eigenvalue weighted by Crippen LogP contribution is -2.38. The number of benzene rings is 1. The van der Waals surface area contributed by atoms with Crippen molar-refractivity contribution in [3.05, 3.63) is 35.4 Å². The Balaban J connectivity index is 2.26. The summed E-state index contributed by atoms with van der Waals surface area (Å²) in [4.78, 5) is 0. The molecule has 3 N–H and O–H groups in total. The summed E-state index contributed by atoms with van der Waals surface area (Å²) in [7, 11) is 0. The molecule has 1 saturated heterocycles. The molecule has 1 aromatic carbocycles. The molecule has 0 aliphatic carbocycles. The smallest absolute Gasteiger partial charge is 0.0601 e. The third-order valence-corrected chi connectivity index (χ3v) is 5.02. The Labute approximate surface area is 129 Å². The summed E-state index contributed by atoms with van der Waals surface area (Å²) in [5.41, 5.74) is 5.79. The van der Waals surface area contributed by atoms with Gasteiger partial charge in [0.15, 0.2) is 0 Å². The van der Waals surface area contributed by atoms with Crippen LogP contribution in [-0.2, 0) is 10.2 Å². The first-order valence-corrected chi connectivity index (χ1v) is 7.97. The molecule has 0 amide bonds. The highest BCUT2D eigenvalue weighted by molar-refractivity contribution is 5.30. The average molecular weight is 290 g/mol. The van der Waals surface area contributed by atoms with Gasteiger partial charge in [-0.3, -0.25) is 11.3 Å². The lowest BCUT2D eigenvalue weighted by molar-refractivity contribution is 0.0475. The molecule has 0 bridgehead atoms. The van der Waals surface area contributed by atoms with Crippen molar-refractivity contribution in [1.82, 2.24) is 5.43 Å². The number of hydrogen-bond donors (Lipinski definition) is 2. The second-order valence-electron chi connectivity index (χ2n) is 7.50. The molecule has 1 fully saturated rings. The van der Waals surface area contributed by atoms with E-state index in [-0.39, 0.29) is 23.7 Å². The molecular formula is C18H30N2O. The van der Waals surface area contributed by atoms with Crippen LogP contribution in [0.1, 0.15) is 58.7 Å². The van der Waals surface area contributed by atoms with E-state index >= 15 is 0 Å². The first-order chi connectivity index (χ1) is 9.75. The predicted octanol–water partition coefficient (Wildman–Crippen LogP) is 3.55. The highest BCUT2D eigenvalue weighted by Gasteiger charge is 2.41. The van der Waals surface area contributed by atoms with E-state index in [0.717, 1.165) is 0 Å². The van der Waals surface area contributed by atoms with Gasteiger partial charge in [-0.05, 0) is 36.3 Å². The van der Waals surface area contributed by atoms with E-state index in [1.807, 2.05) is 0 Å². The van der Waals surface area contributed by atoms with E-state index in [2.05, 4.69) is 71.2 Å². The van der Waals surface area contributed by atoms with Crippen LogP contribution in [0.2, 0.25) is 0 Å². The van der Waals surface area contributed by atoms with Gasteiger partial charge in [-0.1, -0.05) is 52.0 Å². The minimum absolute atomic E-state index is 0.133. The van der Waals surface area contributed by atoms with Crippen molar-refractivity contribution < 1.29 is 4.74 Å². The van der Waals surface area contributed by atoms with Gasteiger partial charge in [-0.15, -0.1) is 0 Å². The van der Waals surface area contributed by atoms with Gasteiger partial charge in [0.05, 0.1) is 18.2 Å². The van der Waals surface area contributed by atoms with Crippen molar-refractivity contribution >= 4 is 0 Å². The molecular weight excluding hydrogens is 260 g/mol. The zero-order valence-corrected chi connectivity index (χ0v) is 14.2. The van der Waals surface area contributed by atoms with Gasteiger partial charge in [0.2, 0.25) is 0 Å². The number of hydrazine groups is 1. The quantitative estimate of drug-likeness (QED) is 0.661. The van der Waals surface area contributed by atoms with E-state index in [1.165, 1.54) is 11.1 Å². The zero-order chi connectivity index (χ0) is 15.8. The Hall–Kier alpha value is -0.900. The lowest BCUT2D eigenvalue weighted by Gasteiger charge is -2.29. The molecule has 0 radical (unpaired) electrons. The second kappa shape index (κ2) is 6.07. The highest BCUT2D eigenvalue weighted by Crippen LogP contribution is 2.40. The Morgan fingerprint density at radius 2 is 1.62 bits per heavy atom. The van der Waals surface area contributed by atoms with Crippen molar-refractivity contribution in [1.29, 1.82) is 0 Å². The molecule has 1 heterocycles. The van der Waals surface area contributed by atoms with Gasteiger partial charge < -0.3 is 4.74 Å². The first-order valence-electron chi connectivity index (χ1n) is 7.97. The molecule has 0 aromatic heterocycles. The topological polar surface area (TPSA) is 47.3 Å². The molecule has 1 aliphatic rings. The van der Waals surface area contributed by atoms with Gasteiger partial charge in [-0.2, -0.15) is 0 Å². The second-order valence-corrected chi connectivity index (χ2v) is 7.50. The van der Waals surface area contributed by atoms with E-state index in [1.54, 1.807) is 0 Å². The molecule has 3 nitrogen and oxygen atoms in total. The number of hydrogen-bond acceptors (Lipinski definition) is 3. The van der Waals surface area contributed by atoms with E-state index in [9.17, 15) is 0 Å². The SMILES string of the molecule is CC1OC(C)C(C(NN)c2ccc(C(C)(C)C)cc2)C1C. The van der Waals surface area contributed by atoms with Crippen molar-refractivity contribution in [3.8, 4) is 0 Å². The maximum atomic E-state index is 5.97. The highest BCUT2D eigenvalue weighted by atomic mass is 16.5. The molecule has 3 heteroatoms. The van der Waals surface area contributed by atoms with Gasteiger partial charge in [0, 0.05) is 5.92 Å². The van der Waals surface area contributed by atoms with Crippen molar-refractivity contribution in [2.75, 3.05) is 0 Å². The maximum absolute atomic E-state index is 5.97. The molecule has 1 aliphatic heterocycles. The predicted molar refractivity (Wildman–Crippen MR) is 87.9 cm³/mol. The normalized spacial score (nSPS) is 31.4. The van der Waals surface area contributed by atoms with E-state index < -0.39 is 0 Å². The molecule has 0 spiro atoms. The maximum Gasteiger partial charge on any atom is 0.0601 e. The van der Waals surface area contributed by atoms with Crippen LogP contribution in [0.5, 0.6) is 0 Å². The number of rotatable bonds is 3. The van der Waals surface area contributed by atoms with Gasteiger partial charge >= 0.3 is 0 Å². The number of nitrogens with two attached hydrogens (primary N) is 1. The van der Waals surface area contributed by atoms with Gasteiger partial charge in [0.25, 0.3) is 0 Å². The standard InChI is InChI=1S/C18H30N2O/c1-11-12(2)21-13(3)16(11)17(20-19)14-7-9-15(10-8-14)18(4,5)6/h7-13,16-17,20H,19H2,1-6H3. The molecule has 2 rings (SSSR count). The van der Waals surface area contributed by atoms with E-state index in [4.69, 9.17) is 10.6 Å². The summed E-state index contributed by atoms with van der Waals surface area (Å²) in [5, 5.41) is 0. The minimum Gasteiger partial charge on any atom is -0.375 e. The fourth-order valence-electron chi connectivity index (χ4n) is 3.49. The fourth-order valence-corrected chi connectivity index (χ4v) is 3.49. The van der Waals surface area contributed by atoms with Crippen LogP contribution in [0, 0.1) is 11.8 Å². The molecule has 5 atom stereocenters. The van der Waals surface area contributed by atoms with Crippen LogP contribution in [0.4, 0.5) is 0 Å². The summed E-state index contributed by atoms with van der Waals surface area (Å²) in [6.07, 6.45) is 0.507. The van der Waals surface area contributed by atoms with Crippen molar-refractivity contribution in [2.45, 2.75) is 65.2 Å². The Morgan fingerprint density at radius 3 is 2.00 bits per heavy atom. The lowest BCUT2D eigenvalue weighted by atomic mass is 9.79. The molecule has 21 heavy (non-hydrogen) atoms. The summed E-state index contributed by atoms with van der Waals surface area (Å²) in [6.45, 7) is 13.3. The van der Waals surface area contributed by atoms with Crippen LogP contribution in [-0.4, -0.2) is 12.2 Å². The Morgan fingerprint density at radius 1 is 1.05 bits per heavy atom. The molecule has 5 unspecified atom stereocenters. The van der Waals surface area contributed by atoms with E-state index in [0.29, 0.717) is 11.8 Å². The molecule has 0 saturated carbocycles. The molecule has 118 valence electrons. The Kier molecular flexibility index (Phi) is 4.76. The van der Waals surface area contributed by atoms with Crippen LogP contribution in [0.15, 0.2) is 24.3 Å². The summed E-state index contributed by atoms with van der Waals surface area (Å²) in [5.74, 6) is 6.76. The molecule has 1 aromatic rings. The largest absolute Gasteiger partial charge is 0.375 e. The van der Waals surface area contributed by atoms with Crippen LogP contribution >= 0.6 is 0 Å². The summed E-state index contributed by atoms with van der Waals surface area (Å²) in [6, 6.07) is 8.97. The zero-order valence-electron chi connectivity index (χ0n) is 14.2. The Bertz CT molecular complexity index is 463. The average Bonchev–Trinajstić information content (AvgIpc) is 2.66. The van der Waals surface area contributed by atoms with Crippen LogP contribution < -0.4 is 11.3 Å². The van der Waals surface area contributed by atoms with Crippen LogP contribution in [0.25, 0.3) is 0 Å². The summed E-state index contributed by atoms with van der Waals surface area (Å²) < 4.78 is 5.97. The van der Waals surface area contributed by atoms with Gasteiger partial charge in [-0.25, -0.2) is 0 Å². The van der Waals surface area contributed by atoms with Gasteiger partial charge in [0.1, 0.15) is 0 Å². The van der Waals surface area contributed by atoms with Crippen LogP contribution in [0.3, 0.4) is 0 Å². The monoisotopic (exact) mass is 290 g/mol. The van der Waals surface area contributed by atoms with Crippen molar-refractivity contribution in [2.24, 2.45) is 17.7 Å². The minimum atomic E-state index is 0.133.